The molecule has 0 radical (unpaired) electrons. The third kappa shape index (κ3) is 65.4. The molecule has 0 aromatic heterocycles. The lowest BCUT2D eigenvalue weighted by molar-refractivity contribution is -0.167. The maximum atomic E-state index is 12.9. The summed E-state index contributed by atoms with van der Waals surface area (Å²) in [6.07, 6.45) is 90.6. The average molecular weight is 1120 g/mol. The molecule has 0 bridgehead atoms. The summed E-state index contributed by atoms with van der Waals surface area (Å²) in [5, 5.41) is 0. The molecule has 0 N–H and O–H groups in total. The van der Waals surface area contributed by atoms with Gasteiger partial charge < -0.3 is 14.2 Å². The maximum absolute atomic E-state index is 12.9. The molecule has 0 aromatic carbocycles. The molecule has 0 saturated carbocycles. The minimum atomic E-state index is -0.798. The summed E-state index contributed by atoms with van der Waals surface area (Å²) in [6, 6.07) is 0. The Kier molecular flexibility index (Phi) is 65.2. The van der Waals surface area contributed by atoms with E-state index in [1.807, 2.05) is 0 Å². The van der Waals surface area contributed by atoms with Gasteiger partial charge in [-0.1, -0.05) is 318 Å². The normalized spacial score (nSPS) is 12.6. The SMILES string of the molecule is CC/C=C\C/C=C\C/C=C\C/C=C\C/C=C\C/C=C\CCCCC(=O)OC(COC(=O)CCCCCCCCCCCC)COC(=O)CCCCCCCCCCCCCCCCCCCCC/C=C\CCCCCCCCCC. The van der Waals surface area contributed by atoms with Gasteiger partial charge in [0, 0.05) is 19.3 Å². The molecule has 0 aromatic rings. The van der Waals surface area contributed by atoms with Crippen LogP contribution in [-0.2, 0) is 28.6 Å². The molecule has 0 rings (SSSR count). The van der Waals surface area contributed by atoms with E-state index in [2.05, 4.69) is 106 Å². The lowest BCUT2D eigenvalue weighted by Gasteiger charge is -2.18. The van der Waals surface area contributed by atoms with E-state index in [-0.39, 0.29) is 37.5 Å². The maximum Gasteiger partial charge on any atom is 0.306 e. The molecule has 0 fully saturated rings. The minimum absolute atomic E-state index is 0.0906. The molecule has 0 aliphatic carbocycles. The average Bonchev–Trinajstić information content (AvgIpc) is 3.46. The van der Waals surface area contributed by atoms with Crippen LogP contribution in [0.1, 0.15) is 348 Å². The number of carbonyl (C=O) groups excluding carboxylic acids is 3. The first-order valence-corrected chi connectivity index (χ1v) is 34.6. The van der Waals surface area contributed by atoms with Gasteiger partial charge in [-0.3, -0.25) is 14.4 Å². The predicted octanol–water partition coefficient (Wildman–Crippen LogP) is 23.8. The van der Waals surface area contributed by atoms with Crippen molar-refractivity contribution in [2.75, 3.05) is 13.2 Å². The highest BCUT2D eigenvalue weighted by Crippen LogP contribution is 2.17. The van der Waals surface area contributed by atoms with E-state index in [0.29, 0.717) is 19.3 Å². The first-order valence-electron chi connectivity index (χ1n) is 34.6. The summed E-state index contributed by atoms with van der Waals surface area (Å²) < 4.78 is 16.9. The van der Waals surface area contributed by atoms with Crippen molar-refractivity contribution in [2.45, 2.75) is 354 Å². The van der Waals surface area contributed by atoms with Crippen molar-refractivity contribution >= 4 is 17.9 Å². The van der Waals surface area contributed by atoms with Gasteiger partial charge >= 0.3 is 17.9 Å². The Morgan fingerprint density at radius 1 is 0.263 bits per heavy atom. The molecule has 0 amide bonds. The van der Waals surface area contributed by atoms with Crippen LogP contribution in [0.4, 0.5) is 0 Å². The summed E-state index contributed by atoms with van der Waals surface area (Å²) >= 11 is 0. The second kappa shape index (κ2) is 68.1. The third-order valence-corrected chi connectivity index (χ3v) is 15.1. The molecular weight excluding hydrogens is 985 g/mol. The smallest absolute Gasteiger partial charge is 0.306 e. The van der Waals surface area contributed by atoms with Gasteiger partial charge in [0.25, 0.3) is 0 Å². The van der Waals surface area contributed by atoms with Crippen LogP contribution in [0.25, 0.3) is 0 Å². The van der Waals surface area contributed by atoms with Crippen LogP contribution in [0.3, 0.4) is 0 Å². The van der Waals surface area contributed by atoms with Crippen molar-refractivity contribution in [3.63, 3.8) is 0 Å². The number of rotatable bonds is 63. The lowest BCUT2D eigenvalue weighted by Crippen LogP contribution is -2.30. The summed E-state index contributed by atoms with van der Waals surface area (Å²) in [4.78, 5) is 38.3. The highest BCUT2D eigenvalue weighted by Gasteiger charge is 2.19. The van der Waals surface area contributed by atoms with E-state index in [1.54, 1.807) is 0 Å². The molecule has 6 nitrogen and oxygen atoms in total. The van der Waals surface area contributed by atoms with Gasteiger partial charge in [-0.25, -0.2) is 0 Å². The van der Waals surface area contributed by atoms with Gasteiger partial charge in [-0.15, -0.1) is 0 Å². The zero-order valence-corrected chi connectivity index (χ0v) is 53.1. The van der Waals surface area contributed by atoms with Crippen LogP contribution in [0.5, 0.6) is 0 Å². The van der Waals surface area contributed by atoms with E-state index in [1.165, 1.54) is 212 Å². The van der Waals surface area contributed by atoms with E-state index in [4.69, 9.17) is 14.2 Å². The molecule has 0 heterocycles. The Morgan fingerprint density at radius 2 is 0.487 bits per heavy atom. The third-order valence-electron chi connectivity index (χ3n) is 15.1. The largest absolute Gasteiger partial charge is 0.462 e. The summed E-state index contributed by atoms with van der Waals surface area (Å²) in [5.41, 5.74) is 0. The van der Waals surface area contributed by atoms with Crippen LogP contribution in [-0.4, -0.2) is 37.2 Å². The van der Waals surface area contributed by atoms with E-state index in [0.717, 1.165) is 89.9 Å². The van der Waals surface area contributed by atoms with Crippen LogP contribution in [0.2, 0.25) is 0 Å². The van der Waals surface area contributed by atoms with Gasteiger partial charge in [-0.05, 0) is 96.3 Å². The van der Waals surface area contributed by atoms with Crippen LogP contribution in [0, 0.1) is 0 Å². The monoisotopic (exact) mass is 1110 g/mol. The lowest BCUT2D eigenvalue weighted by atomic mass is 10.0. The summed E-state index contributed by atoms with van der Waals surface area (Å²) in [6.45, 7) is 6.52. The number of hydrogen-bond acceptors (Lipinski definition) is 6. The first-order chi connectivity index (χ1) is 39.5. The molecule has 1 unspecified atom stereocenters. The molecular formula is C74H130O6. The van der Waals surface area contributed by atoms with E-state index in [9.17, 15) is 14.4 Å². The van der Waals surface area contributed by atoms with Crippen LogP contribution >= 0.6 is 0 Å². The molecule has 0 aliphatic rings. The van der Waals surface area contributed by atoms with E-state index >= 15 is 0 Å². The number of esters is 3. The Bertz CT molecular complexity index is 1520. The van der Waals surface area contributed by atoms with Crippen LogP contribution in [0.15, 0.2) is 85.1 Å². The highest BCUT2D eigenvalue weighted by atomic mass is 16.6. The van der Waals surface area contributed by atoms with Gasteiger partial charge in [-0.2, -0.15) is 0 Å². The Balaban J connectivity index is 4.18. The van der Waals surface area contributed by atoms with E-state index < -0.39 is 6.10 Å². The fourth-order valence-corrected chi connectivity index (χ4v) is 9.97. The molecule has 0 saturated heterocycles. The van der Waals surface area contributed by atoms with Crippen molar-refractivity contribution in [1.82, 2.24) is 0 Å². The standard InChI is InChI=1S/C74H130O6/c1-4-7-10-13-16-19-22-24-26-28-30-32-33-34-35-36-37-38-39-40-41-43-44-46-48-50-52-55-58-61-64-67-73(76)79-70-71(69-78-72(75)66-63-60-57-54-21-18-15-12-9-6-3)80-74(77)68-65-62-59-56-53-51-49-47-45-42-31-29-27-25-23-20-17-14-11-8-5-2/h8,11,17,20,25,27-28,30-31,42,47,49,53,56,71H,4-7,9-10,12-16,18-19,21-24,26,29,32-41,43-46,48,50-52,54-55,57-70H2,1-3H3/b11-8-,20-17-,27-25-,30-28-,42-31-,49-47-,56-53-. The van der Waals surface area contributed by atoms with Crippen molar-refractivity contribution in [1.29, 1.82) is 0 Å². The first kappa shape index (κ1) is 76.6. The zero-order chi connectivity index (χ0) is 57.8. The van der Waals surface area contributed by atoms with Gasteiger partial charge in [0.1, 0.15) is 13.2 Å². The number of ether oxygens (including phenoxy) is 3. The summed E-state index contributed by atoms with van der Waals surface area (Å²) in [5.74, 6) is -0.921. The zero-order valence-electron chi connectivity index (χ0n) is 53.1. The molecule has 6 heteroatoms. The van der Waals surface area contributed by atoms with Gasteiger partial charge in [0.2, 0.25) is 0 Å². The number of unbranched alkanes of at least 4 members (excludes halogenated alkanes) is 38. The topological polar surface area (TPSA) is 78.9 Å². The van der Waals surface area contributed by atoms with Gasteiger partial charge in [0.05, 0.1) is 0 Å². The van der Waals surface area contributed by atoms with Crippen molar-refractivity contribution < 1.29 is 28.6 Å². The van der Waals surface area contributed by atoms with Crippen molar-refractivity contribution in [2.24, 2.45) is 0 Å². The molecule has 0 aliphatic heterocycles. The molecule has 0 spiro atoms. The van der Waals surface area contributed by atoms with Crippen molar-refractivity contribution in [3.05, 3.63) is 85.1 Å². The second-order valence-corrected chi connectivity index (χ2v) is 23.1. The Morgan fingerprint density at radius 3 is 0.800 bits per heavy atom. The summed E-state index contributed by atoms with van der Waals surface area (Å²) in [7, 11) is 0. The van der Waals surface area contributed by atoms with Gasteiger partial charge in [0.15, 0.2) is 6.10 Å². The number of hydrogen-bond donors (Lipinski definition) is 0. The second-order valence-electron chi connectivity index (χ2n) is 23.1. The number of allylic oxidation sites excluding steroid dienone is 14. The Labute approximate surface area is 496 Å². The van der Waals surface area contributed by atoms with Crippen LogP contribution < -0.4 is 0 Å². The molecule has 462 valence electrons. The minimum Gasteiger partial charge on any atom is -0.462 e. The number of carbonyl (C=O) groups is 3. The quantitative estimate of drug-likeness (QED) is 0.0261. The fraction of sp³-hybridized carbons (Fsp3) is 0.770. The molecule has 1 atom stereocenters. The predicted molar refractivity (Wildman–Crippen MR) is 348 cm³/mol. The fourth-order valence-electron chi connectivity index (χ4n) is 9.97. The molecule has 80 heavy (non-hydrogen) atoms. The highest BCUT2D eigenvalue weighted by molar-refractivity contribution is 5.71. The Hall–Kier alpha value is -3.41. The van der Waals surface area contributed by atoms with Crippen molar-refractivity contribution in [3.8, 4) is 0 Å².